The van der Waals surface area contributed by atoms with Crippen molar-refractivity contribution in [2.75, 3.05) is 13.6 Å². The van der Waals surface area contributed by atoms with E-state index in [4.69, 9.17) is 16.6 Å². The van der Waals surface area contributed by atoms with E-state index in [0.29, 0.717) is 22.9 Å². The standard InChI is InChI=1S/C41H53ClF2N6O3S/c1-4-36(51)47-34(24-37-48-33-21-16-29(42)23-35(33)54-37)40(52)50-39(26-9-5-6-10-26)41(53)49-32(11-7-8-22-45-3)25(2)46-38(27-12-17-30(43)18-13-27)28-14-19-31(44)20-15-28/h12-21,23,25-26,32,34,36,38-39,45-47,51H,4-11,22,24H2,1-3H3,(H,49,53)(H,50,52)/t25?,32-,34-,36?,39-/m0/s1. The maximum Gasteiger partial charge on any atom is 0.243 e. The van der Waals surface area contributed by atoms with Gasteiger partial charge in [-0.05, 0) is 112 Å². The van der Waals surface area contributed by atoms with Crippen LogP contribution in [0.1, 0.15) is 87.4 Å². The molecule has 5 rings (SSSR count). The van der Waals surface area contributed by atoms with Gasteiger partial charge in [0.25, 0.3) is 0 Å². The first kappa shape index (κ1) is 41.6. The van der Waals surface area contributed by atoms with Gasteiger partial charge in [0.15, 0.2) is 0 Å². The van der Waals surface area contributed by atoms with Gasteiger partial charge in [-0.15, -0.1) is 11.3 Å². The topological polar surface area (TPSA) is 127 Å². The zero-order chi connectivity index (χ0) is 38.6. The number of fused-ring (bicyclic) bond motifs is 1. The summed E-state index contributed by atoms with van der Waals surface area (Å²) < 4.78 is 28.8. The van der Waals surface area contributed by atoms with Gasteiger partial charge >= 0.3 is 0 Å². The highest BCUT2D eigenvalue weighted by molar-refractivity contribution is 7.18. The first-order chi connectivity index (χ1) is 26.0. The number of nitrogens with one attached hydrogen (secondary N) is 5. The molecule has 2 unspecified atom stereocenters. The van der Waals surface area contributed by atoms with Crippen LogP contribution in [0.2, 0.25) is 5.02 Å². The van der Waals surface area contributed by atoms with Crippen molar-refractivity contribution in [1.29, 1.82) is 0 Å². The number of thiazole rings is 1. The minimum absolute atomic E-state index is 0.0466. The van der Waals surface area contributed by atoms with E-state index in [2.05, 4.69) is 26.6 Å². The second-order valence-electron chi connectivity index (χ2n) is 14.3. The molecular formula is C41H53ClF2N6O3S. The molecule has 1 aliphatic rings. The van der Waals surface area contributed by atoms with Crippen molar-refractivity contribution in [2.24, 2.45) is 5.92 Å². The van der Waals surface area contributed by atoms with Gasteiger partial charge in [-0.1, -0.05) is 62.1 Å². The summed E-state index contributed by atoms with van der Waals surface area (Å²) in [7, 11) is 1.91. The molecule has 13 heteroatoms. The average molecular weight is 783 g/mol. The summed E-state index contributed by atoms with van der Waals surface area (Å²) >= 11 is 7.65. The van der Waals surface area contributed by atoms with Gasteiger partial charge in [-0.2, -0.15) is 0 Å². The summed E-state index contributed by atoms with van der Waals surface area (Å²) in [6.45, 7) is 4.66. The Balaban J connectivity index is 1.37. The van der Waals surface area contributed by atoms with Crippen LogP contribution in [0.4, 0.5) is 8.78 Å². The number of aliphatic hydroxyl groups is 1. The van der Waals surface area contributed by atoms with E-state index in [0.717, 1.165) is 66.4 Å². The van der Waals surface area contributed by atoms with E-state index < -0.39 is 24.4 Å². The number of hydrogen-bond acceptors (Lipinski definition) is 8. The average Bonchev–Trinajstić information content (AvgIpc) is 3.84. The molecule has 292 valence electrons. The summed E-state index contributed by atoms with van der Waals surface area (Å²) in [5.41, 5.74) is 2.38. The fraction of sp³-hybridized carbons (Fsp3) is 0.488. The number of aromatic nitrogens is 1. The Morgan fingerprint density at radius 2 is 1.57 bits per heavy atom. The molecule has 0 saturated heterocycles. The second-order valence-corrected chi connectivity index (χ2v) is 15.9. The Labute approximate surface area is 326 Å². The third kappa shape index (κ3) is 11.7. The lowest BCUT2D eigenvalue weighted by Crippen LogP contribution is -2.59. The molecule has 0 aliphatic heterocycles. The second kappa shape index (κ2) is 20.4. The van der Waals surface area contributed by atoms with Crippen LogP contribution in [0.25, 0.3) is 10.2 Å². The molecule has 3 aromatic carbocycles. The molecule has 0 spiro atoms. The number of halogens is 3. The minimum atomic E-state index is -0.924. The Hall–Kier alpha value is -3.52. The summed E-state index contributed by atoms with van der Waals surface area (Å²) in [4.78, 5) is 33.3. The van der Waals surface area contributed by atoms with Crippen molar-refractivity contribution in [1.82, 2.24) is 31.6 Å². The molecule has 6 N–H and O–H groups in total. The van der Waals surface area contributed by atoms with Crippen molar-refractivity contribution in [3.05, 3.63) is 99.5 Å². The molecule has 0 radical (unpaired) electrons. The van der Waals surface area contributed by atoms with Gasteiger partial charge in [-0.3, -0.25) is 14.9 Å². The largest absolute Gasteiger partial charge is 0.379 e. The number of aliphatic hydroxyl groups excluding tert-OH is 1. The van der Waals surface area contributed by atoms with E-state index in [9.17, 15) is 23.5 Å². The Kier molecular flexibility index (Phi) is 15.7. The molecule has 54 heavy (non-hydrogen) atoms. The zero-order valence-electron chi connectivity index (χ0n) is 31.2. The lowest BCUT2D eigenvalue weighted by atomic mass is 9.93. The lowest BCUT2D eigenvalue weighted by Gasteiger charge is -2.33. The van der Waals surface area contributed by atoms with Crippen LogP contribution < -0.4 is 26.6 Å². The number of unbranched alkanes of at least 4 members (excludes halogenated alkanes) is 1. The van der Waals surface area contributed by atoms with E-state index in [1.165, 1.54) is 35.6 Å². The van der Waals surface area contributed by atoms with Gasteiger partial charge in [0, 0.05) is 23.5 Å². The number of amides is 2. The smallest absolute Gasteiger partial charge is 0.243 e. The normalized spacial score (nSPS) is 16.3. The minimum Gasteiger partial charge on any atom is -0.379 e. The third-order valence-corrected chi connectivity index (χ3v) is 11.6. The van der Waals surface area contributed by atoms with E-state index >= 15 is 0 Å². The third-order valence-electron chi connectivity index (χ3n) is 10.3. The highest BCUT2D eigenvalue weighted by atomic mass is 35.5. The summed E-state index contributed by atoms with van der Waals surface area (Å²) in [6.07, 6.45) is 5.66. The fourth-order valence-electron chi connectivity index (χ4n) is 7.19. The van der Waals surface area contributed by atoms with Gasteiger partial charge in [0.05, 0.1) is 27.3 Å². The zero-order valence-corrected chi connectivity index (χ0v) is 32.8. The Bertz CT molecular complexity index is 1740. The highest BCUT2D eigenvalue weighted by Gasteiger charge is 2.36. The highest BCUT2D eigenvalue weighted by Crippen LogP contribution is 2.30. The first-order valence-electron chi connectivity index (χ1n) is 19.1. The molecule has 1 saturated carbocycles. The Morgan fingerprint density at radius 1 is 0.926 bits per heavy atom. The van der Waals surface area contributed by atoms with Crippen LogP contribution in [0.3, 0.4) is 0 Å². The first-order valence-corrected chi connectivity index (χ1v) is 20.3. The maximum atomic E-state index is 14.4. The van der Waals surface area contributed by atoms with Crippen LogP contribution in [-0.2, 0) is 16.0 Å². The van der Waals surface area contributed by atoms with Gasteiger partial charge in [0.2, 0.25) is 11.8 Å². The van der Waals surface area contributed by atoms with E-state index in [1.807, 2.05) is 33.0 Å². The number of benzene rings is 3. The quantitative estimate of drug-likeness (QED) is 0.0432. The van der Waals surface area contributed by atoms with Gasteiger partial charge < -0.3 is 26.4 Å². The van der Waals surface area contributed by atoms with Crippen molar-refractivity contribution in [2.45, 2.75) is 108 Å². The molecule has 1 fully saturated rings. The summed E-state index contributed by atoms with van der Waals surface area (Å²) in [6, 6.07) is 15.3. The predicted molar refractivity (Wildman–Crippen MR) is 212 cm³/mol. The van der Waals surface area contributed by atoms with Crippen LogP contribution >= 0.6 is 22.9 Å². The number of carbonyl (C=O) groups is 2. The van der Waals surface area contributed by atoms with Crippen molar-refractivity contribution in [3.63, 3.8) is 0 Å². The predicted octanol–water partition coefficient (Wildman–Crippen LogP) is 6.77. The van der Waals surface area contributed by atoms with Crippen LogP contribution in [-0.4, -0.2) is 65.9 Å². The molecule has 2 amide bonds. The van der Waals surface area contributed by atoms with Crippen molar-refractivity contribution < 1.29 is 23.5 Å². The maximum absolute atomic E-state index is 14.4. The number of carbonyl (C=O) groups excluding carboxylic acids is 2. The van der Waals surface area contributed by atoms with E-state index in [-0.39, 0.29) is 47.9 Å². The van der Waals surface area contributed by atoms with Gasteiger partial charge in [0.1, 0.15) is 23.9 Å². The number of rotatable bonds is 20. The van der Waals surface area contributed by atoms with Crippen LogP contribution in [0.5, 0.6) is 0 Å². The van der Waals surface area contributed by atoms with E-state index in [1.54, 1.807) is 30.3 Å². The number of hydrogen-bond donors (Lipinski definition) is 6. The molecule has 1 aliphatic carbocycles. The van der Waals surface area contributed by atoms with Crippen molar-refractivity contribution >= 4 is 45.0 Å². The monoisotopic (exact) mass is 782 g/mol. The molecule has 1 aromatic heterocycles. The molecular weight excluding hydrogens is 730 g/mol. The molecule has 9 nitrogen and oxygen atoms in total. The van der Waals surface area contributed by atoms with Gasteiger partial charge in [-0.25, -0.2) is 13.8 Å². The number of nitrogens with zero attached hydrogens (tertiary/aromatic N) is 1. The summed E-state index contributed by atoms with van der Waals surface area (Å²) in [5, 5.41) is 28.2. The van der Waals surface area contributed by atoms with Crippen LogP contribution in [0.15, 0.2) is 66.7 Å². The molecule has 1 heterocycles. The molecule has 0 bridgehead atoms. The SMILES string of the molecule is CCC(O)N[C@@H](Cc1nc2ccc(Cl)cc2s1)C(=O)N[C@H](C(=O)N[C@@H](CCCCNC)C(C)NC(c1ccc(F)cc1)c1ccc(F)cc1)C1CCCC1. The lowest BCUT2D eigenvalue weighted by molar-refractivity contribution is -0.132. The summed E-state index contributed by atoms with van der Waals surface area (Å²) in [5.74, 6) is -1.39. The fourth-order valence-corrected chi connectivity index (χ4v) is 8.48. The van der Waals surface area contributed by atoms with Crippen molar-refractivity contribution in [3.8, 4) is 0 Å². The molecule has 4 aromatic rings. The molecule has 5 atom stereocenters. The Morgan fingerprint density at radius 3 is 2.19 bits per heavy atom. The van der Waals surface area contributed by atoms with Crippen LogP contribution in [0, 0.1) is 17.6 Å².